The molecule has 27 heavy (non-hydrogen) atoms. The van der Waals surface area contributed by atoms with Crippen LogP contribution in [0, 0.1) is 0 Å². The van der Waals surface area contributed by atoms with Gasteiger partial charge in [0.2, 0.25) is 5.91 Å². The zero-order valence-electron chi connectivity index (χ0n) is 15.1. The maximum Gasteiger partial charge on any atom is 0.224 e. The number of aryl methyl sites for hydroxylation is 1. The lowest BCUT2D eigenvalue weighted by Crippen LogP contribution is -2.12. The summed E-state index contributed by atoms with van der Waals surface area (Å²) in [5.41, 5.74) is 2.85. The van der Waals surface area contributed by atoms with Crippen molar-refractivity contribution < 1.29 is 9.21 Å². The number of halogens is 2. The van der Waals surface area contributed by atoms with E-state index in [9.17, 15) is 4.79 Å². The number of hydrogen-bond donors (Lipinski definition) is 1. The van der Waals surface area contributed by atoms with Crippen LogP contribution >= 0.6 is 23.2 Å². The molecule has 0 atom stereocenters. The lowest BCUT2D eigenvalue weighted by atomic mass is 10.0. The first-order chi connectivity index (χ1) is 12.9. The molecular formula is C21H20Cl2N2O2. The molecule has 3 aromatic rings. The molecule has 0 saturated heterocycles. The standard InChI is InChI=1S/C21H20Cl2N2O2/c1-13(2)14-3-5-15(6-4-14)19-12-24-21(27-19)10-9-20(26)25-16-7-8-17(22)18(23)11-16/h3-8,11-13H,9-10H2,1-2H3,(H,25,26). The molecule has 2 aromatic carbocycles. The fourth-order valence-electron chi connectivity index (χ4n) is 2.61. The predicted octanol–water partition coefficient (Wildman–Crippen LogP) is 6.34. The number of nitrogens with one attached hydrogen (secondary N) is 1. The highest BCUT2D eigenvalue weighted by Crippen LogP contribution is 2.26. The third kappa shape index (κ3) is 5.12. The number of anilines is 1. The van der Waals surface area contributed by atoms with E-state index in [2.05, 4.69) is 36.3 Å². The van der Waals surface area contributed by atoms with Crippen molar-refractivity contribution >= 4 is 34.8 Å². The SMILES string of the molecule is CC(C)c1ccc(-c2cnc(CCC(=O)Nc3ccc(Cl)c(Cl)c3)o2)cc1. The quantitative estimate of drug-likeness (QED) is 0.522. The van der Waals surface area contributed by atoms with E-state index >= 15 is 0 Å². The highest BCUT2D eigenvalue weighted by atomic mass is 35.5. The Morgan fingerprint density at radius 1 is 1.11 bits per heavy atom. The molecule has 1 heterocycles. The van der Waals surface area contributed by atoms with Gasteiger partial charge in [0.1, 0.15) is 0 Å². The van der Waals surface area contributed by atoms with Gasteiger partial charge in [-0.3, -0.25) is 4.79 Å². The second-order valence-electron chi connectivity index (χ2n) is 6.57. The second-order valence-corrected chi connectivity index (χ2v) is 7.39. The Balaban J connectivity index is 1.57. The van der Waals surface area contributed by atoms with Crippen LogP contribution in [-0.4, -0.2) is 10.9 Å². The largest absolute Gasteiger partial charge is 0.441 e. The van der Waals surface area contributed by atoms with Gasteiger partial charge < -0.3 is 9.73 Å². The van der Waals surface area contributed by atoms with Crippen molar-refractivity contribution in [3.8, 4) is 11.3 Å². The summed E-state index contributed by atoms with van der Waals surface area (Å²) in [7, 11) is 0. The van der Waals surface area contributed by atoms with Gasteiger partial charge in [-0.25, -0.2) is 4.98 Å². The van der Waals surface area contributed by atoms with E-state index in [4.69, 9.17) is 27.6 Å². The van der Waals surface area contributed by atoms with E-state index in [1.807, 2.05) is 12.1 Å². The number of hydrogen-bond acceptors (Lipinski definition) is 3. The molecule has 0 aliphatic carbocycles. The number of amides is 1. The van der Waals surface area contributed by atoms with Crippen molar-refractivity contribution in [2.45, 2.75) is 32.6 Å². The number of oxazole rings is 1. The zero-order chi connectivity index (χ0) is 19.4. The molecule has 0 aliphatic rings. The molecular weight excluding hydrogens is 383 g/mol. The van der Waals surface area contributed by atoms with E-state index in [1.54, 1.807) is 24.4 Å². The molecule has 0 spiro atoms. The van der Waals surface area contributed by atoms with Crippen LogP contribution < -0.4 is 5.32 Å². The van der Waals surface area contributed by atoms with Crippen molar-refractivity contribution in [2.24, 2.45) is 0 Å². The average Bonchev–Trinajstić information content (AvgIpc) is 3.12. The van der Waals surface area contributed by atoms with Gasteiger partial charge in [-0.1, -0.05) is 61.3 Å². The minimum Gasteiger partial charge on any atom is -0.441 e. The number of aromatic nitrogens is 1. The minimum absolute atomic E-state index is 0.144. The van der Waals surface area contributed by atoms with Crippen LogP contribution in [0.5, 0.6) is 0 Å². The van der Waals surface area contributed by atoms with Crippen LogP contribution in [0.15, 0.2) is 53.1 Å². The molecule has 0 aliphatic heterocycles. The van der Waals surface area contributed by atoms with E-state index in [0.717, 1.165) is 5.56 Å². The third-order valence-corrected chi connectivity index (χ3v) is 4.92. The molecule has 0 saturated carbocycles. The maximum atomic E-state index is 12.1. The van der Waals surface area contributed by atoms with Gasteiger partial charge >= 0.3 is 0 Å². The number of carbonyl (C=O) groups is 1. The van der Waals surface area contributed by atoms with Gasteiger partial charge in [0.15, 0.2) is 11.7 Å². The van der Waals surface area contributed by atoms with Crippen LogP contribution in [0.3, 0.4) is 0 Å². The summed E-state index contributed by atoms with van der Waals surface area (Å²) < 4.78 is 5.78. The number of nitrogens with zero attached hydrogens (tertiary/aromatic N) is 1. The Labute approximate surface area is 168 Å². The molecule has 6 heteroatoms. The Morgan fingerprint density at radius 2 is 1.85 bits per heavy atom. The predicted molar refractivity (Wildman–Crippen MR) is 109 cm³/mol. The van der Waals surface area contributed by atoms with Gasteiger partial charge in [-0.15, -0.1) is 0 Å². The molecule has 0 bridgehead atoms. The van der Waals surface area contributed by atoms with Crippen molar-refractivity contribution in [3.63, 3.8) is 0 Å². The van der Waals surface area contributed by atoms with Crippen LogP contribution in [0.25, 0.3) is 11.3 Å². The lowest BCUT2D eigenvalue weighted by molar-refractivity contribution is -0.116. The van der Waals surface area contributed by atoms with E-state index in [0.29, 0.717) is 39.7 Å². The molecule has 1 amide bonds. The van der Waals surface area contributed by atoms with Gasteiger partial charge in [-0.05, 0) is 29.7 Å². The van der Waals surface area contributed by atoms with Gasteiger partial charge in [0.25, 0.3) is 0 Å². The third-order valence-electron chi connectivity index (χ3n) is 4.18. The summed E-state index contributed by atoms with van der Waals surface area (Å²) in [6, 6.07) is 13.2. The molecule has 140 valence electrons. The van der Waals surface area contributed by atoms with Crippen LogP contribution in [-0.2, 0) is 11.2 Å². The molecule has 4 nitrogen and oxygen atoms in total. The molecule has 0 unspecified atom stereocenters. The second kappa shape index (κ2) is 8.59. The fraction of sp³-hybridized carbons (Fsp3) is 0.238. The maximum absolute atomic E-state index is 12.1. The molecule has 1 aromatic heterocycles. The summed E-state index contributed by atoms with van der Waals surface area (Å²) >= 11 is 11.8. The summed E-state index contributed by atoms with van der Waals surface area (Å²) in [6.07, 6.45) is 2.36. The minimum atomic E-state index is -0.144. The van der Waals surface area contributed by atoms with Crippen LogP contribution in [0.4, 0.5) is 5.69 Å². The first-order valence-corrected chi connectivity index (χ1v) is 9.48. The van der Waals surface area contributed by atoms with Crippen molar-refractivity contribution in [1.29, 1.82) is 0 Å². The van der Waals surface area contributed by atoms with Gasteiger partial charge in [-0.2, -0.15) is 0 Å². The van der Waals surface area contributed by atoms with Crippen molar-refractivity contribution in [2.75, 3.05) is 5.32 Å². The normalized spacial score (nSPS) is 11.0. The molecule has 0 radical (unpaired) electrons. The van der Waals surface area contributed by atoms with Crippen LogP contribution in [0.1, 0.15) is 37.6 Å². The monoisotopic (exact) mass is 402 g/mol. The summed E-state index contributed by atoms with van der Waals surface area (Å²) in [4.78, 5) is 16.4. The topological polar surface area (TPSA) is 55.1 Å². The first-order valence-electron chi connectivity index (χ1n) is 8.72. The van der Waals surface area contributed by atoms with Crippen molar-refractivity contribution in [1.82, 2.24) is 4.98 Å². The summed E-state index contributed by atoms with van der Waals surface area (Å²) in [5.74, 6) is 1.57. The van der Waals surface area contributed by atoms with Crippen molar-refractivity contribution in [3.05, 3.63) is 70.2 Å². The summed E-state index contributed by atoms with van der Waals surface area (Å²) in [6.45, 7) is 4.31. The molecule has 3 rings (SSSR count). The van der Waals surface area contributed by atoms with E-state index < -0.39 is 0 Å². The van der Waals surface area contributed by atoms with E-state index in [1.165, 1.54) is 5.56 Å². The molecule has 0 fully saturated rings. The summed E-state index contributed by atoms with van der Waals surface area (Å²) in [5, 5.41) is 3.63. The fourth-order valence-corrected chi connectivity index (χ4v) is 2.91. The highest BCUT2D eigenvalue weighted by molar-refractivity contribution is 6.42. The Bertz CT molecular complexity index is 934. The Morgan fingerprint density at radius 3 is 2.52 bits per heavy atom. The number of rotatable bonds is 6. The highest BCUT2D eigenvalue weighted by Gasteiger charge is 2.10. The van der Waals surface area contributed by atoms with Gasteiger partial charge in [0, 0.05) is 24.1 Å². The average molecular weight is 403 g/mol. The van der Waals surface area contributed by atoms with Crippen LogP contribution in [0.2, 0.25) is 10.0 Å². The molecule has 1 N–H and O–H groups in total. The Hall–Kier alpha value is -2.30. The Kier molecular flexibility index (Phi) is 6.19. The number of benzene rings is 2. The van der Waals surface area contributed by atoms with E-state index in [-0.39, 0.29) is 12.3 Å². The lowest BCUT2D eigenvalue weighted by Gasteiger charge is -2.06. The zero-order valence-corrected chi connectivity index (χ0v) is 16.6. The smallest absolute Gasteiger partial charge is 0.224 e. The first kappa shape index (κ1) is 19.5. The van der Waals surface area contributed by atoms with Gasteiger partial charge in [0.05, 0.1) is 16.2 Å². The number of carbonyl (C=O) groups excluding carboxylic acids is 1.